The first-order valence-electron chi connectivity index (χ1n) is 7.07. The zero-order valence-corrected chi connectivity index (χ0v) is 11.0. The van der Waals surface area contributed by atoms with Crippen molar-refractivity contribution in [2.75, 3.05) is 26.7 Å². The minimum Gasteiger partial charge on any atom is -0.330 e. The molecule has 2 heteroatoms. The van der Waals surface area contributed by atoms with Crippen LogP contribution in [0, 0.1) is 23.7 Å². The van der Waals surface area contributed by atoms with Crippen molar-refractivity contribution in [1.29, 1.82) is 0 Å². The largest absolute Gasteiger partial charge is 0.330 e. The van der Waals surface area contributed by atoms with Gasteiger partial charge in [0.1, 0.15) is 0 Å². The molecule has 4 atom stereocenters. The summed E-state index contributed by atoms with van der Waals surface area (Å²) >= 11 is 0. The first-order valence-corrected chi connectivity index (χ1v) is 7.07. The SMILES string of the molecule is CC(CCN)CN(C)CC1CC2CCC1C2. The Hall–Kier alpha value is -0.0800. The predicted octanol–water partition coefficient (Wildman–Crippen LogP) is 2.34. The van der Waals surface area contributed by atoms with Crippen LogP contribution in [0.2, 0.25) is 0 Å². The summed E-state index contributed by atoms with van der Waals surface area (Å²) in [6.45, 7) is 5.72. The maximum Gasteiger partial charge on any atom is 0.000947 e. The van der Waals surface area contributed by atoms with E-state index in [9.17, 15) is 0 Å². The highest BCUT2D eigenvalue weighted by Crippen LogP contribution is 2.48. The van der Waals surface area contributed by atoms with Crippen LogP contribution in [-0.4, -0.2) is 31.6 Å². The van der Waals surface area contributed by atoms with E-state index >= 15 is 0 Å². The van der Waals surface area contributed by atoms with Gasteiger partial charge in [0.15, 0.2) is 0 Å². The fourth-order valence-corrected chi connectivity index (χ4v) is 3.98. The summed E-state index contributed by atoms with van der Waals surface area (Å²) in [5.74, 6) is 3.92. The molecule has 2 bridgehead atoms. The molecule has 0 aliphatic heterocycles. The number of rotatable bonds is 6. The van der Waals surface area contributed by atoms with Gasteiger partial charge in [-0.2, -0.15) is 0 Å². The highest BCUT2D eigenvalue weighted by atomic mass is 15.1. The van der Waals surface area contributed by atoms with E-state index in [1.807, 2.05) is 0 Å². The van der Waals surface area contributed by atoms with Crippen molar-refractivity contribution in [2.24, 2.45) is 29.4 Å². The second kappa shape index (κ2) is 5.50. The summed E-state index contributed by atoms with van der Waals surface area (Å²) in [4.78, 5) is 2.55. The maximum absolute atomic E-state index is 5.60. The standard InChI is InChI=1S/C14H28N2/c1-11(5-6-15)9-16(2)10-14-8-12-3-4-13(14)7-12/h11-14H,3-10,15H2,1-2H3. The van der Waals surface area contributed by atoms with E-state index in [-0.39, 0.29) is 0 Å². The molecule has 2 fully saturated rings. The van der Waals surface area contributed by atoms with Crippen LogP contribution in [0.4, 0.5) is 0 Å². The Labute approximate surface area is 101 Å². The molecule has 16 heavy (non-hydrogen) atoms. The van der Waals surface area contributed by atoms with Crippen molar-refractivity contribution in [2.45, 2.75) is 39.0 Å². The molecule has 0 amide bonds. The summed E-state index contributed by atoms with van der Waals surface area (Å²) < 4.78 is 0. The lowest BCUT2D eigenvalue weighted by molar-refractivity contribution is 0.199. The zero-order valence-electron chi connectivity index (χ0n) is 11.0. The van der Waals surface area contributed by atoms with Crippen LogP contribution < -0.4 is 5.73 Å². The average Bonchev–Trinajstić information content (AvgIpc) is 2.78. The van der Waals surface area contributed by atoms with Crippen LogP contribution >= 0.6 is 0 Å². The molecule has 2 N–H and O–H groups in total. The molecule has 2 saturated carbocycles. The summed E-state index contributed by atoms with van der Waals surface area (Å²) in [6.07, 6.45) is 7.26. The summed E-state index contributed by atoms with van der Waals surface area (Å²) in [5, 5.41) is 0. The van der Waals surface area contributed by atoms with Crippen LogP contribution in [0.3, 0.4) is 0 Å². The van der Waals surface area contributed by atoms with Gasteiger partial charge in [0.25, 0.3) is 0 Å². The molecule has 2 aliphatic carbocycles. The first kappa shape index (κ1) is 12.4. The normalized spacial score (nSPS) is 34.9. The predicted molar refractivity (Wildman–Crippen MR) is 69.3 cm³/mol. The van der Waals surface area contributed by atoms with Crippen LogP contribution in [0.25, 0.3) is 0 Å². The van der Waals surface area contributed by atoms with Crippen molar-refractivity contribution in [3.05, 3.63) is 0 Å². The summed E-state index contributed by atoms with van der Waals surface area (Å²) in [5.41, 5.74) is 5.60. The second-order valence-corrected chi connectivity index (χ2v) is 6.34. The maximum atomic E-state index is 5.60. The zero-order chi connectivity index (χ0) is 11.5. The van der Waals surface area contributed by atoms with Gasteiger partial charge in [-0.15, -0.1) is 0 Å². The molecule has 0 aromatic heterocycles. The van der Waals surface area contributed by atoms with E-state index in [1.54, 1.807) is 0 Å². The van der Waals surface area contributed by atoms with Crippen molar-refractivity contribution < 1.29 is 0 Å². The Morgan fingerprint density at radius 2 is 2.12 bits per heavy atom. The van der Waals surface area contributed by atoms with Gasteiger partial charge in [-0.1, -0.05) is 13.3 Å². The number of hydrogen-bond acceptors (Lipinski definition) is 2. The average molecular weight is 224 g/mol. The molecule has 0 aromatic rings. The van der Waals surface area contributed by atoms with Crippen molar-refractivity contribution >= 4 is 0 Å². The molecule has 4 unspecified atom stereocenters. The molecular formula is C14H28N2. The highest BCUT2D eigenvalue weighted by molar-refractivity contribution is 4.91. The lowest BCUT2D eigenvalue weighted by Gasteiger charge is -2.28. The summed E-state index contributed by atoms with van der Waals surface area (Å²) in [7, 11) is 2.29. The minimum atomic E-state index is 0.758. The van der Waals surface area contributed by atoms with Gasteiger partial charge in [0.2, 0.25) is 0 Å². The minimum absolute atomic E-state index is 0.758. The molecule has 2 nitrogen and oxygen atoms in total. The van der Waals surface area contributed by atoms with Gasteiger partial charge in [-0.25, -0.2) is 0 Å². The Kier molecular flexibility index (Phi) is 4.26. The van der Waals surface area contributed by atoms with Crippen molar-refractivity contribution in [3.63, 3.8) is 0 Å². The Bertz CT molecular complexity index is 217. The van der Waals surface area contributed by atoms with Crippen LogP contribution in [-0.2, 0) is 0 Å². The van der Waals surface area contributed by atoms with Gasteiger partial charge >= 0.3 is 0 Å². The van der Waals surface area contributed by atoms with Crippen LogP contribution in [0.5, 0.6) is 0 Å². The topological polar surface area (TPSA) is 29.3 Å². The molecule has 2 rings (SSSR count). The van der Waals surface area contributed by atoms with Gasteiger partial charge in [-0.05, 0) is 62.9 Å². The van der Waals surface area contributed by atoms with E-state index < -0.39 is 0 Å². The molecule has 0 saturated heterocycles. The number of fused-ring (bicyclic) bond motifs is 2. The van der Waals surface area contributed by atoms with E-state index in [4.69, 9.17) is 5.73 Å². The monoisotopic (exact) mass is 224 g/mol. The van der Waals surface area contributed by atoms with Crippen LogP contribution in [0.1, 0.15) is 39.0 Å². The van der Waals surface area contributed by atoms with Gasteiger partial charge in [-0.3, -0.25) is 0 Å². The van der Waals surface area contributed by atoms with Crippen molar-refractivity contribution in [1.82, 2.24) is 4.90 Å². The molecule has 0 aromatic carbocycles. The van der Waals surface area contributed by atoms with E-state index in [2.05, 4.69) is 18.9 Å². The molecule has 0 heterocycles. The molecular weight excluding hydrogens is 196 g/mol. The molecule has 0 radical (unpaired) electrons. The van der Waals surface area contributed by atoms with E-state index in [1.165, 1.54) is 45.2 Å². The summed E-state index contributed by atoms with van der Waals surface area (Å²) in [6, 6.07) is 0. The second-order valence-electron chi connectivity index (χ2n) is 6.34. The highest BCUT2D eigenvalue weighted by Gasteiger charge is 2.39. The smallest absolute Gasteiger partial charge is 0.000947 e. The third kappa shape index (κ3) is 2.98. The number of hydrogen-bond donors (Lipinski definition) is 1. The van der Waals surface area contributed by atoms with Gasteiger partial charge < -0.3 is 10.6 Å². The Morgan fingerprint density at radius 3 is 2.69 bits per heavy atom. The fraction of sp³-hybridized carbons (Fsp3) is 1.00. The Morgan fingerprint density at radius 1 is 1.31 bits per heavy atom. The lowest BCUT2D eigenvalue weighted by Crippen LogP contribution is -2.32. The molecule has 2 aliphatic rings. The fourth-order valence-electron chi connectivity index (χ4n) is 3.98. The lowest BCUT2D eigenvalue weighted by atomic mass is 9.88. The van der Waals surface area contributed by atoms with E-state index in [0.29, 0.717) is 0 Å². The molecule has 0 spiro atoms. The van der Waals surface area contributed by atoms with Gasteiger partial charge in [0, 0.05) is 13.1 Å². The Balaban J connectivity index is 1.69. The third-order valence-electron chi connectivity index (χ3n) is 4.71. The third-order valence-corrected chi connectivity index (χ3v) is 4.71. The number of nitrogens with two attached hydrogens (primary N) is 1. The quantitative estimate of drug-likeness (QED) is 0.750. The van der Waals surface area contributed by atoms with Crippen molar-refractivity contribution in [3.8, 4) is 0 Å². The number of nitrogens with zero attached hydrogens (tertiary/aromatic N) is 1. The van der Waals surface area contributed by atoms with Crippen LogP contribution in [0.15, 0.2) is 0 Å². The van der Waals surface area contributed by atoms with Gasteiger partial charge in [0.05, 0.1) is 0 Å². The first-order chi connectivity index (χ1) is 7.69. The van der Waals surface area contributed by atoms with E-state index in [0.717, 1.165) is 30.2 Å². The molecule has 94 valence electrons.